The number of nitro benzene ring substituents is 1. The second-order valence-corrected chi connectivity index (χ2v) is 5.25. The minimum atomic E-state index is -0.565. The average molecular weight is 325 g/mol. The Morgan fingerprint density at radius 2 is 2.08 bits per heavy atom. The zero-order valence-electron chi connectivity index (χ0n) is 12.8. The van der Waals surface area contributed by atoms with Crippen LogP contribution in [-0.2, 0) is 6.54 Å². The van der Waals surface area contributed by atoms with Gasteiger partial charge in [-0.1, -0.05) is 12.1 Å². The molecule has 0 atom stereocenters. The number of nitriles is 1. The maximum atomic E-state index is 10.9. The Morgan fingerprint density at radius 1 is 1.25 bits per heavy atom. The molecule has 1 aliphatic heterocycles. The number of benzene rings is 2. The lowest BCUT2D eigenvalue weighted by atomic mass is 10.1. The minimum absolute atomic E-state index is 0.0245. The van der Waals surface area contributed by atoms with Gasteiger partial charge in [-0.25, -0.2) is 0 Å². The molecule has 0 aromatic heterocycles. The number of nitrogens with one attached hydrogen (secondary N) is 1. The van der Waals surface area contributed by atoms with Crippen molar-refractivity contribution in [1.82, 2.24) is 0 Å². The molecule has 122 valence electrons. The number of hydrogen-bond acceptors (Lipinski definition) is 6. The van der Waals surface area contributed by atoms with Crippen LogP contribution >= 0.6 is 0 Å². The van der Waals surface area contributed by atoms with Crippen LogP contribution in [-0.4, -0.2) is 18.1 Å². The van der Waals surface area contributed by atoms with Crippen molar-refractivity contribution in [2.45, 2.75) is 13.0 Å². The third-order valence-electron chi connectivity index (χ3n) is 3.65. The molecule has 24 heavy (non-hydrogen) atoms. The van der Waals surface area contributed by atoms with Gasteiger partial charge in [0.2, 0.25) is 0 Å². The maximum Gasteiger partial charge on any atom is 0.287 e. The summed E-state index contributed by atoms with van der Waals surface area (Å²) < 4.78 is 11.4. The number of fused-ring (bicyclic) bond motifs is 1. The van der Waals surface area contributed by atoms with Crippen LogP contribution in [0.15, 0.2) is 36.4 Å². The van der Waals surface area contributed by atoms with Crippen LogP contribution in [0.2, 0.25) is 0 Å². The van der Waals surface area contributed by atoms with Gasteiger partial charge in [0.05, 0.1) is 18.1 Å². The first-order chi connectivity index (χ1) is 11.7. The molecule has 7 heteroatoms. The number of para-hydroxylation sites is 1. The fourth-order valence-electron chi connectivity index (χ4n) is 2.49. The Morgan fingerprint density at radius 3 is 2.88 bits per heavy atom. The summed E-state index contributed by atoms with van der Waals surface area (Å²) in [4.78, 5) is 10.3. The molecule has 0 fully saturated rings. The summed E-state index contributed by atoms with van der Waals surface area (Å²) in [6, 6.07) is 11.9. The molecule has 1 heterocycles. The van der Waals surface area contributed by atoms with Crippen molar-refractivity contribution in [3.63, 3.8) is 0 Å². The van der Waals surface area contributed by atoms with Crippen molar-refractivity contribution < 1.29 is 14.4 Å². The highest BCUT2D eigenvalue weighted by atomic mass is 16.6. The molecule has 0 radical (unpaired) electrons. The lowest BCUT2D eigenvalue weighted by molar-refractivity contribution is -0.385. The minimum Gasteiger partial charge on any atom is -0.490 e. The third kappa shape index (κ3) is 3.22. The van der Waals surface area contributed by atoms with E-state index in [1.807, 2.05) is 24.3 Å². The zero-order valence-corrected chi connectivity index (χ0v) is 12.8. The van der Waals surface area contributed by atoms with E-state index in [-0.39, 0.29) is 11.3 Å². The van der Waals surface area contributed by atoms with Gasteiger partial charge in [-0.15, -0.1) is 0 Å². The van der Waals surface area contributed by atoms with Gasteiger partial charge in [-0.3, -0.25) is 10.1 Å². The summed E-state index contributed by atoms with van der Waals surface area (Å²) in [5.74, 6) is 1.43. The number of anilines is 1. The molecule has 0 aliphatic carbocycles. The topological polar surface area (TPSA) is 97.4 Å². The highest BCUT2D eigenvalue weighted by Gasteiger charge is 2.16. The molecule has 7 nitrogen and oxygen atoms in total. The molecule has 0 saturated heterocycles. The molecule has 0 amide bonds. The first-order valence-corrected chi connectivity index (χ1v) is 7.49. The zero-order chi connectivity index (χ0) is 16.9. The second kappa shape index (κ2) is 6.87. The molecular formula is C17H15N3O4. The quantitative estimate of drug-likeness (QED) is 0.684. The molecule has 0 saturated carbocycles. The van der Waals surface area contributed by atoms with Crippen molar-refractivity contribution in [1.29, 1.82) is 5.26 Å². The van der Waals surface area contributed by atoms with Gasteiger partial charge in [-0.05, 0) is 18.2 Å². The van der Waals surface area contributed by atoms with Crippen LogP contribution in [0, 0.1) is 21.4 Å². The summed E-state index contributed by atoms with van der Waals surface area (Å²) in [5, 5.41) is 23.1. The van der Waals surface area contributed by atoms with Gasteiger partial charge in [-0.2, -0.15) is 5.26 Å². The smallest absolute Gasteiger partial charge is 0.287 e. The van der Waals surface area contributed by atoms with Crippen LogP contribution in [0.5, 0.6) is 11.5 Å². The van der Waals surface area contributed by atoms with Gasteiger partial charge in [0, 0.05) is 30.3 Å². The van der Waals surface area contributed by atoms with Crippen LogP contribution in [0.3, 0.4) is 0 Å². The lowest BCUT2D eigenvalue weighted by Crippen LogP contribution is -2.04. The van der Waals surface area contributed by atoms with E-state index in [9.17, 15) is 10.1 Å². The van der Waals surface area contributed by atoms with Gasteiger partial charge in [0.25, 0.3) is 5.69 Å². The van der Waals surface area contributed by atoms with E-state index in [1.54, 1.807) is 6.07 Å². The van der Waals surface area contributed by atoms with E-state index in [2.05, 4.69) is 5.32 Å². The molecule has 0 spiro atoms. The molecule has 0 bridgehead atoms. The molecule has 0 unspecified atom stereocenters. The summed E-state index contributed by atoms with van der Waals surface area (Å²) in [6.45, 7) is 1.67. The highest BCUT2D eigenvalue weighted by molar-refractivity contribution is 5.59. The Labute approximate surface area is 138 Å². The first kappa shape index (κ1) is 15.6. The van der Waals surface area contributed by atoms with E-state index in [0.29, 0.717) is 36.9 Å². The second-order valence-electron chi connectivity index (χ2n) is 5.25. The first-order valence-electron chi connectivity index (χ1n) is 7.49. The van der Waals surface area contributed by atoms with E-state index in [1.165, 1.54) is 12.1 Å². The lowest BCUT2D eigenvalue weighted by Gasteiger charge is -2.13. The van der Waals surface area contributed by atoms with Crippen molar-refractivity contribution in [2.75, 3.05) is 18.5 Å². The predicted octanol–water partition coefficient (Wildman–Crippen LogP) is 3.24. The van der Waals surface area contributed by atoms with Crippen molar-refractivity contribution >= 4 is 11.4 Å². The van der Waals surface area contributed by atoms with E-state index in [4.69, 9.17) is 14.7 Å². The summed E-state index contributed by atoms with van der Waals surface area (Å²) in [6.07, 6.45) is 0.829. The fraction of sp³-hybridized carbons (Fsp3) is 0.235. The van der Waals surface area contributed by atoms with Gasteiger partial charge in [0.15, 0.2) is 11.5 Å². The molecule has 2 aromatic rings. The standard InChI is InChI=1S/C17H15N3O4/c18-10-13-9-14(5-6-15(13)20(21)22)19-11-12-3-1-4-16-17(12)24-8-2-7-23-16/h1,3-6,9,19H,2,7-8,11H2. The number of ether oxygens (including phenoxy) is 2. The Bertz CT molecular complexity index is 814. The van der Waals surface area contributed by atoms with Crippen LogP contribution in [0.1, 0.15) is 17.5 Å². The van der Waals surface area contributed by atoms with Crippen molar-refractivity contribution in [2.24, 2.45) is 0 Å². The van der Waals surface area contributed by atoms with Crippen LogP contribution in [0.25, 0.3) is 0 Å². The predicted molar refractivity (Wildman–Crippen MR) is 87.2 cm³/mol. The fourth-order valence-corrected chi connectivity index (χ4v) is 2.49. The van der Waals surface area contributed by atoms with Crippen LogP contribution in [0.4, 0.5) is 11.4 Å². The van der Waals surface area contributed by atoms with Gasteiger partial charge in [0.1, 0.15) is 11.6 Å². The molecule has 3 rings (SSSR count). The van der Waals surface area contributed by atoms with Crippen LogP contribution < -0.4 is 14.8 Å². The largest absolute Gasteiger partial charge is 0.490 e. The number of nitro groups is 1. The number of nitrogens with zero attached hydrogens (tertiary/aromatic N) is 2. The molecule has 1 aliphatic rings. The Balaban J connectivity index is 1.80. The van der Waals surface area contributed by atoms with E-state index < -0.39 is 4.92 Å². The van der Waals surface area contributed by atoms with E-state index in [0.717, 1.165) is 12.0 Å². The number of rotatable bonds is 4. The monoisotopic (exact) mass is 325 g/mol. The normalized spacial score (nSPS) is 12.8. The SMILES string of the molecule is N#Cc1cc(NCc2cccc3c2OCCCO3)ccc1[N+](=O)[O-]. The maximum absolute atomic E-state index is 10.9. The average Bonchev–Trinajstić information content (AvgIpc) is 2.85. The summed E-state index contributed by atoms with van der Waals surface area (Å²) >= 11 is 0. The van der Waals surface area contributed by atoms with Crippen molar-refractivity contribution in [3.8, 4) is 17.6 Å². The van der Waals surface area contributed by atoms with Gasteiger partial charge >= 0.3 is 0 Å². The molecular weight excluding hydrogens is 310 g/mol. The molecule has 2 aromatic carbocycles. The Hall–Kier alpha value is -3.27. The summed E-state index contributed by atoms with van der Waals surface area (Å²) in [7, 11) is 0. The number of hydrogen-bond donors (Lipinski definition) is 1. The summed E-state index contributed by atoms with van der Waals surface area (Å²) in [5.41, 5.74) is 1.38. The van der Waals surface area contributed by atoms with Gasteiger partial charge < -0.3 is 14.8 Å². The molecule has 1 N–H and O–H groups in total. The highest BCUT2D eigenvalue weighted by Crippen LogP contribution is 2.33. The third-order valence-corrected chi connectivity index (χ3v) is 3.65. The Kier molecular flexibility index (Phi) is 4.47. The van der Waals surface area contributed by atoms with Crippen molar-refractivity contribution in [3.05, 3.63) is 57.6 Å². The van der Waals surface area contributed by atoms with E-state index >= 15 is 0 Å².